The SMILES string of the molecule is O=C(NC[C@@H]1SCCc2ccccc21)[C@@H]1C[C@H]1c1ccco1. The van der Waals surface area contributed by atoms with Gasteiger partial charge in [0.1, 0.15) is 5.76 Å². The average molecular weight is 313 g/mol. The highest BCUT2D eigenvalue weighted by molar-refractivity contribution is 7.99. The van der Waals surface area contributed by atoms with E-state index in [0.717, 1.165) is 30.9 Å². The summed E-state index contributed by atoms with van der Waals surface area (Å²) in [6.07, 6.45) is 3.72. The number of carbonyl (C=O) groups is 1. The highest BCUT2D eigenvalue weighted by Gasteiger charge is 2.45. The Morgan fingerprint density at radius 1 is 1.27 bits per heavy atom. The zero-order valence-corrected chi connectivity index (χ0v) is 13.1. The maximum atomic E-state index is 12.3. The number of benzene rings is 1. The fourth-order valence-corrected chi connectivity index (χ4v) is 4.50. The second-order valence-corrected chi connectivity index (χ2v) is 7.33. The zero-order chi connectivity index (χ0) is 14.9. The molecule has 1 fully saturated rings. The number of hydrogen-bond donors (Lipinski definition) is 1. The van der Waals surface area contributed by atoms with Crippen LogP contribution in [0, 0.1) is 5.92 Å². The van der Waals surface area contributed by atoms with Gasteiger partial charge >= 0.3 is 0 Å². The summed E-state index contributed by atoms with van der Waals surface area (Å²) in [5.41, 5.74) is 2.82. The Labute approximate surface area is 134 Å². The van der Waals surface area contributed by atoms with Gasteiger partial charge in [0, 0.05) is 23.6 Å². The van der Waals surface area contributed by atoms with Crippen molar-refractivity contribution in [3.63, 3.8) is 0 Å². The number of nitrogens with one attached hydrogen (secondary N) is 1. The van der Waals surface area contributed by atoms with Gasteiger partial charge in [-0.05, 0) is 41.9 Å². The Kier molecular flexibility index (Phi) is 3.70. The van der Waals surface area contributed by atoms with Gasteiger partial charge in [-0.25, -0.2) is 0 Å². The Balaban J connectivity index is 1.35. The molecule has 1 aromatic carbocycles. The first-order valence-corrected chi connectivity index (χ1v) is 8.88. The molecule has 4 rings (SSSR count). The fourth-order valence-electron chi connectivity index (χ4n) is 3.27. The van der Waals surface area contributed by atoms with Crippen LogP contribution in [-0.4, -0.2) is 18.2 Å². The summed E-state index contributed by atoms with van der Waals surface area (Å²) in [6, 6.07) is 12.4. The molecule has 1 amide bonds. The van der Waals surface area contributed by atoms with Crippen LogP contribution in [0.15, 0.2) is 47.1 Å². The van der Waals surface area contributed by atoms with E-state index in [1.807, 2.05) is 23.9 Å². The maximum absolute atomic E-state index is 12.3. The van der Waals surface area contributed by atoms with Gasteiger partial charge in [0.2, 0.25) is 5.91 Å². The van der Waals surface area contributed by atoms with Crippen molar-refractivity contribution in [2.75, 3.05) is 12.3 Å². The zero-order valence-electron chi connectivity index (χ0n) is 12.3. The Morgan fingerprint density at radius 2 is 2.18 bits per heavy atom. The van der Waals surface area contributed by atoms with Crippen LogP contribution in [0.5, 0.6) is 0 Å². The molecule has 1 saturated carbocycles. The van der Waals surface area contributed by atoms with Gasteiger partial charge in [-0.3, -0.25) is 4.79 Å². The molecule has 2 heterocycles. The summed E-state index contributed by atoms with van der Waals surface area (Å²) >= 11 is 1.95. The van der Waals surface area contributed by atoms with Gasteiger partial charge in [0.05, 0.1) is 6.26 Å². The third kappa shape index (κ3) is 2.68. The molecule has 2 aromatic rings. The minimum atomic E-state index is 0.0926. The number of furan rings is 1. The lowest BCUT2D eigenvalue weighted by atomic mass is 10.0. The van der Waals surface area contributed by atoms with Crippen LogP contribution in [0.4, 0.5) is 0 Å². The van der Waals surface area contributed by atoms with E-state index in [4.69, 9.17) is 4.42 Å². The molecule has 0 spiro atoms. The van der Waals surface area contributed by atoms with E-state index >= 15 is 0 Å². The number of aryl methyl sites for hydroxylation is 1. The van der Waals surface area contributed by atoms with Crippen molar-refractivity contribution in [2.45, 2.75) is 24.0 Å². The number of carbonyl (C=O) groups excluding carboxylic acids is 1. The molecule has 114 valence electrons. The van der Waals surface area contributed by atoms with Gasteiger partial charge in [-0.15, -0.1) is 0 Å². The predicted octanol–water partition coefficient (Wildman–Crippen LogP) is 3.53. The predicted molar refractivity (Wildman–Crippen MR) is 87.9 cm³/mol. The Hall–Kier alpha value is -1.68. The molecule has 4 heteroatoms. The van der Waals surface area contributed by atoms with Crippen molar-refractivity contribution in [1.82, 2.24) is 5.32 Å². The van der Waals surface area contributed by atoms with Crippen LogP contribution < -0.4 is 5.32 Å². The van der Waals surface area contributed by atoms with Crippen molar-refractivity contribution in [1.29, 1.82) is 0 Å². The second kappa shape index (κ2) is 5.84. The summed E-state index contributed by atoms with van der Waals surface area (Å²) < 4.78 is 5.39. The molecule has 1 aliphatic carbocycles. The molecule has 2 aliphatic rings. The largest absolute Gasteiger partial charge is 0.469 e. The van der Waals surface area contributed by atoms with Crippen molar-refractivity contribution < 1.29 is 9.21 Å². The molecule has 0 saturated heterocycles. The van der Waals surface area contributed by atoms with E-state index in [9.17, 15) is 4.79 Å². The third-order valence-electron chi connectivity index (χ3n) is 4.59. The number of thioether (sulfide) groups is 1. The molecule has 1 aromatic heterocycles. The average Bonchev–Trinajstić information content (AvgIpc) is 3.18. The summed E-state index contributed by atoms with van der Waals surface area (Å²) in [4.78, 5) is 12.3. The molecule has 0 bridgehead atoms. The van der Waals surface area contributed by atoms with Crippen molar-refractivity contribution in [2.24, 2.45) is 5.92 Å². The van der Waals surface area contributed by atoms with E-state index in [2.05, 4.69) is 29.6 Å². The van der Waals surface area contributed by atoms with E-state index in [0.29, 0.717) is 5.25 Å². The van der Waals surface area contributed by atoms with Crippen LogP contribution in [0.3, 0.4) is 0 Å². The third-order valence-corrected chi connectivity index (χ3v) is 5.85. The fraction of sp³-hybridized carbons (Fsp3) is 0.389. The van der Waals surface area contributed by atoms with E-state index in [1.165, 1.54) is 11.1 Å². The van der Waals surface area contributed by atoms with Crippen LogP contribution in [0.2, 0.25) is 0 Å². The summed E-state index contributed by atoms with van der Waals surface area (Å²) in [5.74, 6) is 2.62. The number of fused-ring (bicyclic) bond motifs is 1. The van der Waals surface area contributed by atoms with Crippen molar-refractivity contribution in [3.05, 3.63) is 59.5 Å². The van der Waals surface area contributed by atoms with E-state index in [1.54, 1.807) is 6.26 Å². The molecule has 1 aliphatic heterocycles. The number of amides is 1. The van der Waals surface area contributed by atoms with Gasteiger partial charge in [0.25, 0.3) is 0 Å². The van der Waals surface area contributed by atoms with Gasteiger partial charge in [-0.1, -0.05) is 24.3 Å². The van der Waals surface area contributed by atoms with Crippen molar-refractivity contribution in [3.8, 4) is 0 Å². The smallest absolute Gasteiger partial charge is 0.223 e. The minimum Gasteiger partial charge on any atom is -0.469 e. The lowest BCUT2D eigenvalue weighted by Gasteiger charge is -2.25. The topological polar surface area (TPSA) is 42.2 Å². The number of rotatable bonds is 4. The molecular formula is C18H19NO2S. The van der Waals surface area contributed by atoms with Crippen molar-refractivity contribution >= 4 is 17.7 Å². The molecule has 0 radical (unpaired) electrons. The van der Waals surface area contributed by atoms with Gasteiger partial charge < -0.3 is 9.73 Å². The number of hydrogen-bond acceptors (Lipinski definition) is 3. The first-order chi connectivity index (χ1) is 10.8. The van der Waals surface area contributed by atoms with Crippen LogP contribution in [0.25, 0.3) is 0 Å². The summed E-state index contributed by atoms with van der Waals surface area (Å²) in [6.45, 7) is 0.724. The normalized spacial score (nSPS) is 26.3. The molecule has 1 N–H and O–H groups in total. The molecular weight excluding hydrogens is 294 g/mol. The molecule has 0 unspecified atom stereocenters. The lowest BCUT2D eigenvalue weighted by Crippen LogP contribution is -2.30. The van der Waals surface area contributed by atoms with Gasteiger partial charge in [-0.2, -0.15) is 11.8 Å². The molecule has 22 heavy (non-hydrogen) atoms. The standard InChI is InChI=1S/C18H19NO2S/c20-18(15-10-14(15)16-6-3-8-21-16)19-11-17-13-5-2-1-4-12(13)7-9-22-17/h1-6,8,14-15,17H,7,9-11H2,(H,19,20)/t14-,15-,17+/m1/s1. The first kappa shape index (κ1) is 13.9. The van der Waals surface area contributed by atoms with Gasteiger partial charge in [0.15, 0.2) is 0 Å². The van der Waals surface area contributed by atoms with E-state index in [-0.39, 0.29) is 17.7 Å². The second-order valence-electron chi connectivity index (χ2n) is 6.02. The maximum Gasteiger partial charge on any atom is 0.223 e. The quantitative estimate of drug-likeness (QED) is 0.939. The monoisotopic (exact) mass is 313 g/mol. The summed E-state index contributed by atoms with van der Waals surface area (Å²) in [5, 5.41) is 3.53. The van der Waals surface area contributed by atoms with Crippen LogP contribution in [0.1, 0.15) is 34.5 Å². The summed E-state index contributed by atoms with van der Waals surface area (Å²) in [7, 11) is 0. The highest BCUT2D eigenvalue weighted by Crippen LogP contribution is 2.47. The molecule has 3 nitrogen and oxygen atoms in total. The van der Waals surface area contributed by atoms with Crippen LogP contribution in [-0.2, 0) is 11.2 Å². The van der Waals surface area contributed by atoms with E-state index < -0.39 is 0 Å². The Morgan fingerprint density at radius 3 is 3.05 bits per heavy atom. The molecule has 3 atom stereocenters. The Bertz CT molecular complexity index is 667. The lowest BCUT2D eigenvalue weighted by molar-refractivity contribution is -0.122. The van der Waals surface area contributed by atoms with Crippen LogP contribution >= 0.6 is 11.8 Å². The highest BCUT2D eigenvalue weighted by atomic mass is 32.2. The first-order valence-electron chi connectivity index (χ1n) is 7.83. The minimum absolute atomic E-state index is 0.0926.